The molecule has 1 aliphatic carbocycles. The minimum absolute atomic E-state index is 0.370. The lowest BCUT2D eigenvalue weighted by molar-refractivity contribution is 0.0684. The maximum absolute atomic E-state index is 11.0. The number of aromatic nitrogens is 1. The highest BCUT2D eigenvalue weighted by molar-refractivity contribution is 5.85. The summed E-state index contributed by atoms with van der Waals surface area (Å²) >= 11 is 0. The molecule has 1 atom stereocenters. The van der Waals surface area contributed by atoms with Crippen LogP contribution < -0.4 is 0 Å². The molecule has 1 unspecified atom stereocenters. The van der Waals surface area contributed by atoms with Gasteiger partial charge < -0.3 is 9.67 Å². The van der Waals surface area contributed by atoms with E-state index in [1.54, 1.807) is 12.1 Å². The van der Waals surface area contributed by atoms with Crippen molar-refractivity contribution in [3.8, 4) is 0 Å². The zero-order valence-electron chi connectivity index (χ0n) is 9.34. The van der Waals surface area contributed by atoms with Crippen molar-refractivity contribution in [2.75, 3.05) is 0 Å². The van der Waals surface area contributed by atoms with Crippen LogP contribution in [-0.4, -0.2) is 15.6 Å². The average molecular weight is 227 g/mol. The van der Waals surface area contributed by atoms with Crippen LogP contribution in [0.5, 0.6) is 0 Å². The van der Waals surface area contributed by atoms with Crippen LogP contribution >= 0.6 is 0 Å². The zero-order valence-corrected chi connectivity index (χ0v) is 9.34. The first-order valence-electron chi connectivity index (χ1n) is 5.72. The van der Waals surface area contributed by atoms with Crippen molar-refractivity contribution in [3.63, 3.8) is 0 Å². The lowest BCUT2D eigenvalue weighted by Crippen LogP contribution is -2.23. The Morgan fingerprint density at radius 2 is 2.12 bits per heavy atom. The number of rotatable bonds is 3. The van der Waals surface area contributed by atoms with Gasteiger partial charge in [0.25, 0.3) is 0 Å². The lowest BCUT2D eigenvalue weighted by Gasteiger charge is -2.30. The second-order valence-electron chi connectivity index (χ2n) is 4.45. The number of aromatic carboxylic acids is 1. The molecule has 3 rings (SSSR count). The second-order valence-corrected chi connectivity index (χ2v) is 4.45. The number of benzene rings is 1. The maximum Gasteiger partial charge on any atom is 0.352 e. The molecule has 3 heteroatoms. The Kier molecular flexibility index (Phi) is 2.25. The highest BCUT2D eigenvalue weighted by atomic mass is 16.4. The van der Waals surface area contributed by atoms with E-state index >= 15 is 0 Å². The molecule has 1 aromatic carbocycles. The van der Waals surface area contributed by atoms with Crippen LogP contribution in [-0.2, 0) is 13.0 Å². The fourth-order valence-electron chi connectivity index (χ4n) is 2.53. The molecule has 0 fully saturated rings. The van der Waals surface area contributed by atoms with Gasteiger partial charge in [0, 0.05) is 18.7 Å². The maximum atomic E-state index is 11.0. The molecular formula is C14H13NO2. The molecular weight excluding hydrogens is 214 g/mol. The van der Waals surface area contributed by atoms with E-state index in [1.165, 1.54) is 11.1 Å². The Morgan fingerprint density at radius 3 is 2.88 bits per heavy atom. The second kappa shape index (κ2) is 3.77. The standard InChI is InChI=1S/C14H13NO2/c16-14(17)13-6-3-7-15(13)9-11-8-10-4-1-2-5-12(10)11/h1-7,11H,8-9H2,(H,16,17). The molecule has 3 nitrogen and oxygen atoms in total. The van der Waals surface area contributed by atoms with Gasteiger partial charge in [0.1, 0.15) is 5.69 Å². The van der Waals surface area contributed by atoms with Crippen LogP contribution in [0.4, 0.5) is 0 Å². The summed E-state index contributed by atoms with van der Waals surface area (Å²) in [7, 11) is 0. The van der Waals surface area contributed by atoms with Crippen LogP contribution in [0.3, 0.4) is 0 Å². The molecule has 0 bridgehead atoms. The van der Waals surface area contributed by atoms with Gasteiger partial charge in [-0.3, -0.25) is 0 Å². The molecule has 0 saturated heterocycles. The highest BCUT2D eigenvalue weighted by Crippen LogP contribution is 2.36. The molecule has 2 aromatic rings. The first-order valence-corrected chi connectivity index (χ1v) is 5.72. The van der Waals surface area contributed by atoms with Crippen LogP contribution in [0.15, 0.2) is 42.6 Å². The fraction of sp³-hybridized carbons (Fsp3) is 0.214. The predicted octanol–water partition coefficient (Wildman–Crippen LogP) is 2.53. The largest absolute Gasteiger partial charge is 0.477 e. The Balaban J connectivity index is 1.82. The van der Waals surface area contributed by atoms with Crippen molar-refractivity contribution in [2.24, 2.45) is 0 Å². The van der Waals surface area contributed by atoms with Gasteiger partial charge in [-0.05, 0) is 29.7 Å². The van der Waals surface area contributed by atoms with E-state index in [2.05, 4.69) is 12.1 Å². The van der Waals surface area contributed by atoms with Crippen molar-refractivity contribution in [1.82, 2.24) is 4.57 Å². The van der Waals surface area contributed by atoms with E-state index in [-0.39, 0.29) is 0 Å². The van der Waals surface area contributed by atoms with Gasteiger partial charge in [0.2, 0.25) is 0 Å². The van der Waals surface area contributed by atoms with Crippen molar-refractivity contribution >= 4 is 5.97 Å². The highest BCUT2D eigenvalue weighted by Gasteiger charge is 2.26. The molecule has 1 aliphatic rings. The number of carbonyl (C=O) groups is 1. The third-order valence-electron chi connectivity index (χ3n) is 3.43. The topological polar surface area (TPSA) is 42.2 Å². The summed E-state index contributed by atoms with van der Waals surface area (Å²) in [4.78, 5) is 11.0. The van der Waals surface area contributed by atoms with E-state index in [1.807, 2.05) is 22.9 Å². The summed E-state index contributed by atoms with van der Waals surface area (Å²) in [6.07, 6.45) is 2.89. The van der Waals surface area contributed by atoms with Crippen molar-refractivity contribution in [2.45, 2.75) is 18.9 Å². The normalized spacial score (nSPS) is 17.3. The van der Waals surface area contributed by atoms with Crippen LogP contribution in [0.2, 0.25) is 0 Å². The fourth-order valence-corrected chi connectivity index (χ4v) is 2.53. The molecule has 1 N–H and O–H groups in total. The molecule has 86 valence electrons. The number of hydrogen-bond acceptors (Lipinski definition) is 1. The molecule has 0 radical (unpaired) electrons. The van der Waals surface area contributed by atoms with Crippen LogP contribution in [0.25, 0.3) is 0 Å². The summed E-state index contributed by atoms with van der Waals surface area (Å²) in [5, 5.41) is 9.03. The smallest absolute Gasteiger partial charge is 0.352 e. The molecule has 0 aliphatic heterocycles. The monoisotopic (exact) mass is 227 g/mol. The Labute approximate surface area is 99.3 Å². The van der Waals surface area contributed by atoms with Crippen molar-refractivity contribution in [3.05, 3.63) is 59.4 Å². The van der Waals surface area contributed by atoms with E-state index in [9.17, 15) is 4.79 Å². The van der Waals surface area contributed by atoms with Gasteiger partial charge in [-0.2, -0.15) is 0 Å². The zero-order chi connectivity index (χ0) is 11.8. The summed E-state index contributed by atoms with van der Waals surface area (Å²) in [5.41, 5.74) is 3.12. The number of carboxylic acid groups (broad SMARTS) is 1. The van der Waals surface area contributed by atoms with E-state index in [4.69, 9.17) is 5.11 Å². The first-order chi connectivity index (χ1) is 8.25. The minimum Gasteiger partial charge on any atom is -0.477 e. The molecule has 1 heterocycles. The van der Waals surface area contributed by atoms with E-state index in [0.717, 1.165) is 13.0 Å². The first kappa shape index (κ1) is 10.1. The van der Waals surface area contributed by atoms with Gasteiger partial charge in [0.15, 0.2) is 0 Å². The van der Waals surface area contributed by atoms with Crippen LogP contribution in [0.1, 0.15) is 27.5 Å². The average Bonchev–Trinajstić information content (AvgIpc) is 2.74. The summed E-state index contributed by atoms with van der Waals surface area (Å²) < 4.78 is 1.82. The summed E-state index contributed by atoms with van der Waals surface area (Å²) in [5.74, 6) is -0.403. The minimum atomic E-state index is -0.859. The summed E-state index contributed by atoms with van der Waals surface area (Å²) in [6.45, 7) is 0.756. The number of nitrogens with zero attached hydrogens (tertiary/aromatic N) is 1. The Morgan fingerprint density at radius 1 is 1.29 bits per heavy atom. The van der Waals surface area contributed by atoms with Gasteiger partial charge in [-0.25, -0.2) is 4.79 Å². The number of hydrogen-bond donors (Lipinski definition) is 1. The van der Waals surface area contributed by atoms with Gasteiger partial charge in [-0.15, -0.1) is 0 Å². The number of fused-ring (bicyclic) bond motifs is 1. The van der Waals surface area contributed by atoms with Crippen molar-refractivity contribution < 1.29 is 9.90 Å². The third-order valence-corrected chi connectivity index (χ3v) is 3.43. The predicted molar refractivity (Wildman–Crippen MR) is 64.3 cm³/mol. The van der Waals surface area contributed by atoms with Crippen LogP contribution in [0, 0.1) is 0 Å². The Bertz CT molecular complexity index is 571. The molecule has 0 saturated carbocycles. The van der Waals surface area contributed by atoms with Crippen molar-refractivity contribution in [1.29, 1.82) is 0 Å². The van der Waals surface area contributed by atoms with Gasteiger partial charge in [-0.1, -0.05) is 24.3 Å². The van der Waals surface area contributed by atoms with E-state index < -0.39 is 5.97 Å². The van der Waals surface area contributed by atoms with E-state index in [0.29, 0.717) is 11.6 Å². The lowest BCUT2D eigenvalue weighted by atomic mass is 9.77. The quantitative estimate of drug-likeness (QED) is 0.875. The third kappa shape index (κ3) is 1.64. The SMILES string of the molecule is O=C(O)c1cccn1CC1Cc2ccccc21. The van der Waals surface area contributed by atoms with Gasteiger partial charge in [0.05, 0.1) is 0 Å². The molecule has 1 aromatic heterocycles. The van der Waals surface area contributed by atoms with Gasteiger partial charge >= 0.3 is 5.97 Å². The number of carboxylic acids is 1. The summed E-state index contributed by atoms with van der Waals surface area (Å²) in [6, 6.07) is 11.8. The molecule has 17 heavy (non-hydrogen) atoms. The Hall–Kier alpha value is -2.03. The molecule has 0 amide bonds. The molecule has 0 spiro atoms.